The monoisotopic (exact) mass is 284 g/mol. The predicted octanol–water partition coefficient (Wildman–Crippen LogP) is 2.61. The Morgan fingerprint density at radius 3 is 2.20 bits per heavy atom. The lowest BCUT2D eigenvalue weighted by atomic mass is 10.1. The van der Waals surface area contributed by atoms with E-state index in [1.807, 2.05) is 0 Å². The van der Waals surface area contributed by atoms with E-state index >= 15 is 0 Å². The Morgan fingerprint density at radius 1 is 1.05 bits per heavy atom. The van der Waals surface area contributed by atoms with Gasteiger partial charge in [-0.25, -0.2) is 0 Å². The molecular weight excluding hydrogens is 273 g/mol. The van der Waals surface area contributed by atoms with Crippen LogP contribution in [0.5, 0.6) is 6.01 Å². The van der Waals surface area contributed by atoms with Crippen molar-refractivity contribution in [3.8, 4) is 17.4 Å². The van der Waals surface area contributed by atoms with Crippen molar-refractivity contribution >= 4 is 5.95 Å². The number of aromatic nitrogens is 3. The highest BCUT2D eigenvalue weighted by Crippen LogP contribution is 2.30. The lowest BCUT2D eigenvalue weighted by molar-refractivity contribution is -0.137. The SMILES string of the molecule is CNc1nc(OC)nc(-c2ccc(C(F)(F)F)cc2)n1. The summed E-state index contributed by atoms with van der Waals surface area (Å²) in [5.74, 6) is 0.502. The standard InChI is InChI=1S/C12H11F3N4O/c1-16-10-17-9(18-11(19-10)20-2)7-3-5-8(6-4-7)12(13,14)15/h3-6H,1-2H3,(H,16,17,18,19). The number of hydrogen-bond donors (Lipinski definition) is 1. The Balaban J connectivity index is 2.41. The summed E-state index contributed by atoms with van der Waals surface area (Å²) >= 11 is 0. The molecule has 0 radical (unpaired) electrons. The van der Waals surface area contributed by atoms with Gasteiger partial charge in [0.25, 0.3) is 0 Å². The topological polar surface area (TPSA) is 59.9 Å². The van der Waals surface area contributed by atoms with Crippen LogP contribution >= 0.6 is 0 Å². The number of ether oxygens (including phenoxy) is 1. The van der Waals surface area contributed by atoms with Crippen molar-refractivity contribution in [3.05, 3.63) is 29.8 Å². The van der Waals surface area contributed by atoms with Crippen molar-refractivity contribution in [2.24, 2.45) is 0 Å². The van der Waals surface area contributed by atoms with Crippen LogP contribution in [-0.2, 0) is 6.18 Å². The summed E-state index contributed by atoms with van der Waals surface area (Å²) in [4.78, 5) is 12.0. The van der Waals surface area contributed by atoms with Crippen LogP contribution in [-0.4, -0.2) is 29.1 Å². The molecule has 0 spiro atoms. The first-order valence-electron chi connectivity index (χ1n) is 5.59. The summed E-state index contributed by atoms with van der Waals surface area (Å²) in [5.41, 5.74) is -0.286. The molecule has 1 heterocycles. The second-order valence-corrected chi connectivity index (χ2v) is 3.79. The molecule has 0 unspecified atom stereocenters. The van der Waals surface area contributed by atoms with Crippen molar-refractivity contribution < 1.29 is 17.9 Å². The minimum atomic E-state index is -4.37. The lowest BCUT2D eigenvalue weighted by Crippen LogP contribution is -2.05. The van der Waals surface area contributed by atoms with E-state index in [0.717, 1.165) is 12.1 Å². The number of nitrogens with one attached hydrogen (secondary N) is 1. The summed E-state index contributed by atoms with van der Waals surface area (Å²) in [6.45, 7) is 0. The third-order valence-corrected chi connectivity index (χ3v) is 2.49. The fraction of sp³-hybridized carbons (Fsp3) is 0.250. The van der Waals surface area contributed by atoms with Gasteiger partial charge in [-0.05, 0) is 12.1 Å². The number of benzene rings is 1. The van der Waals surface area contributed by atoms with Gasteiger partial charge in [-0.2, -0.15) is 28.1 Å². The molecular formula is C12H11F3N4O. The van der Waals surface area contributed by atoms with Crippen molar-refractivity contribution in [1.82, 2.24) is 15.0 Å². The molecule has 1 aromatic carbocycles. The maximum atomic E-state index is 12.5. The molecule has 2 rings (SSSR count). The predicted molar refractivity (Wildman–Crippen MR) is 66.4 cm³/mol. The smallest absolute Gasteiger partial charge is 0.416 e. The Bertz CT molecular complexity index is 576. The third-order valence-electron chi connectivity index (χ3n) is 2.49. The molecule has 5 nitrogen and oxygen atoms in total. The zero-order chi connectivity index (χ0) is 14.8. The van der Waals surface area contributed by atoms with E-state index in [9.17, 15) is 13.2 Å². The van der Waals surface area contributed by atoms with Crippen molar-refractivity contribution in [2.45, 2.75) is 6.18 Å². The number of rotatable bonds is 3. The van der Waals surface area contributed by atoms with E-state index in [1.165, 1.54) is 19.2 Å². The largest absolute Gasteiger partial charge is 0.467 e. The molecule has 106 valence electrons. The second kappa shape index (κ2) is 5.32. The van der Waals surface area contributed by atoms with Gasteiger partial charge in [0.1, 0.15) is 0 Å². The van der Waals surface area contributed by atoms with Crippen molar-refractivity contribution in [3.63, 3.8) is 0 Å². The average molecular weight is 284 g/mol. The number of alkyl halides is 3. The number of halogens is 3. The first-order valence-corrected chi connectivity index (χ1v) is 5.59. The normalized spacial score (nSPS) is 11.2. The van der Waals surface area contributed by atoms with Crippen LogP contribution in [0.3, 0.4) is 0 Å². The van der Waals surface area contributed by atoms with Crippen LogP contribution < -0.4 is 10.1 Å². The van der Waals surface area contributed by atoms with Gasteiger partial charge in [0, 0.05) is 12.6 Å². The Labute approximate surface area is 112 Å². The number of nitrogens with zero attached hydrogens (tertiary/aromatic N) is 3. The Kier molecular flexibility index (Phi) is 3.73. The molecule has 0 amide bonds. The van der Waals surface area contributed by atoms with Crippen LogP contribution in [0.1, 0.15) is 5.56 Å². The summed E-state index contributed by atoms with van der Waals surface area (Å²) in [6.07, 6.45) is -4.37. The average Bonchev–Trinajstić information content (AvgIpc) is 2.46. The quantitative estimate of drug-likeness (QED) is 0.938. The molecule has 20 heavy (non-hydrogen) atoms. The molecule has 2 aromatic rings. The van der Waals surface area contributed by atoms with Gasteiger partial charge >= 0.3 is 12.2 Å². The van der Waals surface area contributed by atoms with Crippen LogP contribution in [0.2, 0.25) is 0 Å². The number of anilines is 1. The van der Waals surface area contributed by atoms with E-state index in [-0.39, 0.29) is 17.8 Å². The highest BCUT2D eigenvalue weighted by molar-refractivity contribution is 5.57. The molecule has 8 heteroatoms. The Hall–Kier alpha value is -2.38. The van der Waals surface area contributed by atoms with Crippen molar-refractivity contribution in [1.29, 1.82) is 0 Å². The molecule has 0 bridgehead atoms. The molecule has 1 N–H and O–H groups in total. The lowest BCUT2D eigenvalue weighted by Gasteiger charge is -2.08. The first kappa shape index (κ1) is 14.0. The maximum absolute atomic E-state index is 12.5. The van der Waals surface area contributed by atoms with Crippen LogP contribution in [0.25, 0.3) is 11.4 Å². The van der Waals surface area contributed by atoms with Crippen LogP contribution in [0.15, 0.2) is 24.3 Å². The zero-order valence-electron chi connectivity index (χ0n) is 10.7. The van der Waals surface area contributed by atoms with E-state index in [4.69, 9.17) is 4.74 Å². The van der Waals surface area contributed by atoms with Gasteiger partial charge in [-0.15, -0.1) is 0 Å². The molecule has 0 atom stereocenters. The molecule has 0 aliphatic carbocycles. The Morgan fingerprint density at radius 2 is 1.70 bits per heavy atom. The minimum Gasteiger partial charge on any atom is -0.467 e. The summed E-state index contributed by atoms with van der Waals surface area (Å²) in [7, 11) is 3.01. The van der Waals surface area contributed by atoms with E-state index < -0.39 is 11.7 Å². The van der Waals surface area contributed by atoms with Crippen LogP contribution in [0.4, 0.5) is 19.1 Å². The van der Waals surface area contributed by atoms with Gasteiger partial charge in [0.2, 0.25) is 5.95 Å². The summed E-state index contributed by atoms with van der Waals surface area (Å²) < 4.78 is 42.4. The molecule has 0 saturated carbocycles. The second-order valence-electron chi connectivity index (χ2n) is 3.79. The summed E-state index contributed by atoms with van der Waals surface area (Å²) in [6, 6.07) is 4.64. The highest BCUT2D eigenvalue weighted by Gasteiger charge is 2.30. The molecule has 0 aliphatic heterocycles. The molecule has 0 fully saturated rings. The molecule has 1 aromatic heterocycles. The zero-order valence-corrected chi connectivity index (χ0v) is 10.7. The highest BCUT2D eigenvalue weighted by atomic mass is 19.4. The van der Waals surface area contributed by atoms with E-state index in [2.05, 4.69) is 20.3 Å². The van der Waals surface area contributed by atoms with E-state index in [1.54, 1.807) is 7.05 Å². The van der Waals surface area contributed by atoms with Crippen LogP contribution in [0, 0.1) is 0 Å². The minimum absolute atomic E-state index is 0.0826. The van der Waals surface area contributed by atoms with Crippen molar-refractivity contribution in [2.75, 3.05) is 19.5 Å². The third kappa shape index (κ3) is 2.95. The number of hydrogen-bond acceptors (Lipinski definition) is 5. The maximum Gasteiger partial charge on any atom is 0.416 e. The fourth-order valence-corrected chi connectivity index (χ4v) is 1.50. The van der Waals surface area contributed by atoms with Gasteiger partial charge in [0.15, 0.2) is 5.82 Å². The van der Waals surface area contributed by atoms with Gasteiger partial charge in [0.05, 0.1) is 12.7 Å². The first-order chi connectivity index (χ1) is 9.44. The van der Waals surface area contributed by atoms with Gasteiger partial charge in [-0.3, -0.25) is 0 Å². The van der Waals surface area contributed by atoms with Gasteiger partial charge in [-0.1, -0.05) is 12.1 Å². The molecule has 0 saturated heterocycles. The summed E-state index contributed by atoms with van der Waals surface area (Å²) in [5, 5.41) is 2.73. The molecule has 0 aliphatic rings. The number of methoxy groups -OCH3 is 1. The van der Waals surface area contributed by atoms with Gasteiger partial charge < -0.3 is 10.1 Å². The van der Waals surface area contributed by atoms with E-state index in [0.29, 0.717) is 5.56 Å². The fourth-order valence-electron chi connectivity index (χ4n) is 1.50.